The van der Waals surface area contributed by atoms with Gasteiger partial charge in [-0.15, -0.1) is 0 Å². The molecule has 0 aromatic heterocycles. The Kier molecular flexibility index (Phi) is 4.74. The molecule has 9 heteroatoms. The predicted octanol–water partition coefficient (Wildman–Crippen LogP) is 2.99. The fraction of sp³-hybridized carbons (Fsp3) is 0.263. The highest BCUT2D eigenvalue weighted by Crippen LogP contribution is 2.42. The lowest BCUT2D eigenvalue weighted by molar-refractivity contribution is -0.384. The molecule has 0 saturated carbocycles. The Bertz CT molecular complexity index is 930. The maximum atomic E-state index is 12.7. The third-order valence-corrected chi connectivity index (χ3v) is 5.06. The van der Waals surface area contributed by atoms with Crippen molar-refractivity contribution in [2.45, 2.75) is 31.4 Å². The molecule has 144 valence electrons. The van der Waals surface area contributed by atoms with Crippen molar-refractivity contribution in [1.82, 2.24) is 4.90 Å². The number of amides is 1. The average Bonchev–Trinajstić information content (AvgIpc) is 3.00. The molecule has 2 aliphatic heterocycles. The summed E-state index contributed by atoms with van der Waals surface area (Å²) >= 11 is 5.92. The van der Waals surface area contributed by atoms with Crippen LogP contribution in [0.5, 0.6) is 0 Å². The van der Waals surface area contributed by atoms with Gasteiger partial charge in [-0.3, -0.25) is 19.8 Å². The Hall–Kier alpha value is -2.97. The van der Waals surface area contributed by atoms with Gasteiger partial charge in [0.2, 0.25) is 5.91 Å². The first-order chi connectivity index (χ1) is 13.4. The fourth-order valence-electron chi connectivity index (χ4n) is 3.34. The van der Waals surface area contributed by atoms with Crippen LogP contribution in [-0.2, 0) is 25.7 Å². The van der Waals surface area contributed by atoms with Gasteiger partial charge in [-0.05, 0) is 35.4 Å². The van der Waals surface area contributed by atoms with E-state index in [0.717, 1.165) is 5.56 Å². The van der Waals surface area contributed by atoms with Crippen molar-refractivity contribution in [3.8, 4) is 0 Å². The first kappa shape index (κ1) is 18.4. The Balaban J connectivity index is 1.49. The molecule has 3 atom stereocenters. The summed E-state index contributed by atoms with van der Waals surface area (Å²) in [6, 6.07) is 11.7. The SMILES string of the molecule is O=C(OCc1ccc([N+](=O)[O-])cc1)[C@H]1[C@@H](c2ccc(Cl)cc2)O[C@@H]2CC(=O)N21. The molecule has 8 nitrogen and oxygen atoms in total. The summed E-state index contributed by atoms with van der Waals surface area (Å²) < 4.78 is 11.3. The first-order valence-electron chi connectivity index (χ1n) is 8.56. The zero-order valence-corrected chi connectivity index (χ0v) is 15.2. The number of benzene rings is 2. The molecule has 0 N–H and O–H groups in total. The van der Waals surface area contributed by atoms with Crippen LogP contribution in [-0.4, -0.2) is 34.0 Å². The van der Waals surface area contributed by atoms with Gasteiger partial charge < -0.3 is 9.47 Å². The Labute approximate surface area is 164 Å². The molecule has 2 fully saturated rings. The molecule has 0 unspecified atom stereocenters. The van der Waals surface area contributed by atoms with Gasteiger partial charge in [-0.25, -0.2) is 4.79 Å². The maximum Gasteiger partial charge on any atom is 0.332 e. The summed E-state index contributed by atoms with van der Waals surface area (Å²) in [5.74, 6) is -0.757. The van der Waals surface area contributed by atoms with Crippen LogP contribution in [0.2, 0.25) is 5.02 Å². The van der Waals surface area contributed by atoms with E-state index in [-0.39, 0.29) is 24.6 Å². The van der Waals surface area contributed by atoms with Crippen LogP contribution in [0.1, 0.15) is 23.7 Å². The maximum absolute atomic E-state index is 12.7. The van der Waals surface area contributed by atoms with Crippen LogP contribution < -0.4 is 0 Å². The fourth-order valence-corrected chi connectivity index (χ4v) is 3.47. The van der Waals surface area contributed by atoms with Crippen molar-refractivity contribution in [3.63, 3.8) is 0 Å². The molecule has 1 amide bonds. The third kappa shape index (κ3) is 3.32. The lowest BCUT2D eigenvalue weighted by Crippen LogP contribution is -2.55. The predicted molar refractivity (Wildman–Crippen MR) is 97.2 cm³/mol. The lowest BCUT2D eigenvalue weighted by Gasteiger charge is -2.35. The van der Waals surface area contributed by atoms with E-state index in [2.05, 4.69) is 0 Å². The standard InChI is InChI=1S/C19H15ClN2O6/c20-13-5-3-12(4-6-13)18-17(21-15(23)9-16(21)28-18)19(24)27-10-11-1-7-14(8-2-11)22(25)26/h1-8,16-18H,9-10H2/t16-,17-,18-/m1/s1. The number of rotatable bonds is 5. The highest BCUT2D eigenvalue weighted by molar-refractivity contribution is 6.30. The number of hydrogen-bond acceptors (Lipinski definition) is 6. The topological polar surface area (TPSA) is 99.0 Å². The molecule has 0 aliphatic carbocycles. The van der Waals surface area contributed by atoms with Gasteiger partial charge in [0.1, 0.15) is 18.9 Å². The van der Waals surface area contributed by atoms with Gasteiger partial charge in [0.05, 0.1) is 11.3 Å². The molecule has 0 spiro atoms. The first-order valence-corrected chi connectivity index (χ1v) is 8.94. The third-order valence-electron chi connectivity index (χ3n) is 4.81. The summed E-state index contributed by atoms with van der Waals surface area (Å²) in [4.78, 5) is 36.3. The van der Waals surface area contributed by atoms with Crippen LogP contribution in [0.4, 0.5) is 5.69 Å². The van der Waals surface area contributed by atoms with Crippen molar-refractivity contribution >= 4 is 29.2 Å². The van der Waals surface area contributed by atoms with E-state index in [1.165, 1.54) is 29.2 Å². The number of β-lactam (4-membered cyclic amide) rings is 1. The molecule has 0 radical (unpaired) electrons. The van der Waals surface area contributed by atoms with Crippen molar-refractivity contribution in [3.05, 3.63) is 74.8 Å². The number of carbonyl (C=O) groups excluding carboxylic acids is 2. The largest absolute Gasteiger partial charge is 0.459 e. The van der Waals surface area contributed by atoms with Crippen LogP contribution in [0.3, 0.4) is 0 Å². The Morgan fingerprint density at radius 2 is 1.89 bits per heavy atom. The van der Waals surface area contributed by atoms with Gasteiger partial charge in [0.15, 0.2) is 6.04 Å². The van der Waals surface area contributed by atoms with E-state index in [1.54, 1.807) is 24.3 Å². The number of nitrogens with zero attached hydrogens (tertiary/aromatic N) is 2. The Morgan fingerprint density at radius 1 is 1.21 bits per heavy atom. The number of fused-ring (bicyclic) bond motifs is 1. The number of esters is 1. The molecule has 2 saturated heterocycles. The van der Waals surface area contributed by atoms with Crippen LogP contribution in [0.25, 0.3) is 0 Å². The zero-order chi connectivity index (χ0) is 19.8. The normalized spacial score (nSPS) is 23.1. The second kappa shape index (κ2) is 7.21. The van der Waals surface area contributed by atoms with Gasteiger partial charge in [-0.1, -0.05) is 23.7 Å². The van der Waals surface area contributed by atoms with E-state index in [0.29, 0.717) is 10.6 Å². The number of hydrogen-bond donors (Lipinski definition) is 0. The minimum atomic E-state index is -0.884. The van der Waals surface area contributed by atoms with E-state index in [1.807, 2.05) is 0 Å². The Morgan fingerprint density at radius 3 is 2.50 bits per heavy atom. The molecule has 4 rings (SSSR count). The zero-order valence-electron chi connectivity index (χ0n) is 14.5. The van der Waals surface area contributed by atoms with Crippen molar-refractivity contribution in [1.29, 1.82) is 0 Å². The average molecular weight is 403 g/mol. The lowest BCUT2D eigenvalue weighted by atomic mass is 10.0. The number of nitro benzene ring substituents is 1. The molecule has 2 aromatic rings. The van der Waals surface area contributed by atoms with E-state index in [4.69, 9.17) is 21.1 Å². The van der Waals surface area contributed by atoms with E-state index in [9.17, 15) is 19.7 Å². The highest BCUT2D eigenvalue weighted by atomic mass is 35.5. The molecule has 2 heterocycles. The summed E-state index contributed by atoms with van der Waals surface area (Å²) in [6.45, 7) is -0.0621. The molecule has 28 heavy (non-hydrogen) atoms. The van der Waals surface area contributed by atoms with Crippen LogP contribution >= 0.6 is 11.6 Å². The monoisotopic (exact) mass is 402 g/mol. The van der Waals surface area contributed by atoms with Crippen LogP contribution in [0, 0.1) is 10.1 Å². The molecular formula is C19H15ClN2O6. The van der Waals surface area contributed by atoms with Crippen molar-refractivity contribution in [2.24, 2.45) is 0 Å². The second-order valence-electron chi connectivity index (χ2n) is 6.54. The summed E-state index contributed by atoms with van der Waals surface area (Å²) in [6.07, 6.45) is -0.848. The number of carbonyl (C=O) groups is 2. The molecule has 2 aliphatic rings. The quantitative estimate of drug-likeness (QED) is 0.330. The number of nitro groups is 1. The summed E-state index contributed by atoms with van der Waals surface area (Å²) in [5.41, 5.74) is 1.28. The second-order valence-corrected chi connectivity index (χ2v) is 6.98. The minimum Gasteiger partial charge on any atom is -0.459 e. The van der Waals surface area contributed by atoms with Crippen molar-refractivity contribution in [2.75, 3.05) is 0 Å². The van der Waals surface area contributed by atoms with Gasteiger partial charge in [-0.2, -0.15) is 0 Å². The highest BCUT2D eigenvalue weighted by Gasteiger charge is 2.56. The van der Waals surface area contributed by atoms with Crippen LogP contribution in [0.15, 0.2) is 48.5 Å². The van der Waals surface area contributed by atoms with E-state index < -0.39 is 29.3 Å². The summed E-state index contributed by atoms with van der Waals surface area (Å²) in [7, 11) is 0. The number of halogens is 1. The van der Waals surface area contributed by atoms with Gasteiger partial charge >= 0.3 is 5.97 Å². The van der Waals surface area contributed by atoms with Gasteiger partial charge in [0.25, 0.3) is 5.69 Å². The van der Waals surface area contributed by atoms with E-state index >= 15 is 0 Å². The van der Waals surface area contributed by atoms with Crippen molar-refractivity contribution < 1.29 is 24.0 Å². The molecule has 0 bridgehead atoms. The number of non-ortho nitro benzene ring substituents is 1. The van der Waals surface area contributed by atoms with Gasteiger partial charge in [0, 0.05) is 17.2 Å². The summed E-state index contributed by atoms with van der Waals surface area (Å²) in [5, 5.41) is 11.3. The smallest absolute Gasteiger partial charge is 0.332 e. The minimum absolute atomic E-state index is 0.0453. The molecular weight excluding hydrogens is 388 g/mol. The molecule has 2 aromatic carbocycles. The number of ether oxygens (including phenoxy) is 2.